The van der Waals surface area contributed by atoms with Crippen LogP contribution in [0.1, 0.15) is 44.1 Å². The lowest BCUT2D eigenvalue weighted by Crippen LogP contribution is -2.27. The van der Waals surface area contributed by atoms with E-state index in [1.165, 1.54) is 0 Å². The number of carbonyl (C=O) groups excluding carboxylic acids is 2. The summed E-state index contributed by atoms with van der Waals surface area (Å²) in [6.07, 6.45) is 1.06. The van der Waals surface area contributed by atoms with E-state index in [2.05, 4.69) is 15.7 Å². The first kappa shape index (κ1) is 19.7. The predicted octanol–water partition coefficient (Wildman–Crippen LogP) is 3.59. The van der Waals surface area contributed by atoms with Crippen LogP contribution in [0.15, 0.2) is 24.3 Å². The standard InChI is InChI=1S/C20H28N4O2/c1-13-17(14(2)24(6)23-13)11-12-18(25)21-15-7-9-16(10-8-15)22-19(26)20(3,4)5/h7-10H,11-12H2,1-6H3,(H,21,25)(H,22,26). The second-order valence-corrected chi connectivity index (χ2v) is 7.60. The maximum Gasteiger partial charge on any atom is 0.229 e. The molecule has 0 bridgehead atoms. The van der Waals surface area contributed by atoms with Gasteiger partial charge in [-0.05, 0) is 50.1 Å². The maximum atomic E-state index is 12.2. The number of nitrogens with zero attached hydrogens (tertiary/aromatic N) is 2. The van der Waals surface area contributed by atoms with Gasteiger partial charge in [-0.25, -0.2) is 0 Å². The lowest BCUT2D eigenvalue weighted by molar-refractivity contribution is -0.123. The summed E-state index contributed by atoms with van der Waals surface area (Å²) in [5.74, 6) is -0.0874. The normalized spacial score (nSPS) is 11.3. The lowest BCUT2D eigenvalue weighted by atomic mass is 9.95. The van der Waals surface area contributed by atoms with Gasteiger partial charge in [0.15, 0.2) is 0 Å². The van der Waals surface area contributed by atoms with Crippen LogP contribution in [0.5, 0.6) is 0 Å². The van der Waals surface area contributed by atoms with Crippen molar-refractivity contribution < 1.29 is 9.59 Å². The molecule has 2 amide bonds. The molecule has 2 aromatic rings. The third-order valence-electron chi connectivity index (χ3n) is 4.37. The van der Waals surface area contributed by atoms with Crippen LogP contribution < -0.4 is 10.6 Å². The molecule has 0 aliphatic carbocycles. The van der Waals surface area contributed by atoms with E-state index in [0.29, 0.717) is 24.2 Å². The molecule has 0 radical (unpaired) electrons. The van der Waals surface area contributed by atoms with E-state index in [4.69, 9.17) is 0 Å². The first-order chi connectivity index (χ1) is 12.1. The fraction of sp³-hybridized carbons (Fsp3) is 0.450. The molecular formula is C20H28N4O2. The van der Waals surface area contributed by atoms with Crippen molar-refractivity contribution in [3.05, 3.63) is 41.2 Å². The van der Waals surface area contributed by atoms with Gasteiger partial charge in [0.05, 0.1) is 5.69 Å². The second-order valence-electron chi connectivity index (χ2n) is 7.60. The van der Waals surface area contributed by atoms with Gasteiger partial charge in [-0.2, -0.15) is 5.10 Å². The quantitative estimate of drug-likeness (QED) is 0.859. The molecule has 2 N–H and O–H groups in total. The lowest BCUT2D eigenvalue weighted by Gasteiger charge is -2.17. The summed E-state index contributed by atoms with van der Waals surface area (Å²) in [6, 6.07) is 7.15. The Hall–Kier alpha value is -2.63. The van der Waals surface area contributed by atoms with Crippen molar-refractivity contribution in [1.29, 1.82) is 0 Å². The number of hydrogen-bond donors (Lipinski definition) is 2. The highest BCUT2D eigenvalue weighted by Gasteiger charge is 2.21. The molecular weight excluding hydrogens is 328 g/mol. The summed E-state index contributed by atoms with van der Waals surface area (Å²) in [4.78, 5) is 24.2. The second kappa shape index (κ2) is 7.72. The molecule has 0 unspecified atom stereocenters. The summed E-state index contributed by atoms with van der Waals surface area (Å²) in [5, 5.41) is 10.1. The van der Waals surface area contributed by atoms with E-state index < -0.39 is 5.41 Å². The average Bonchev–Trinajstić information content (AvgIpc) is 2.79. The monoisotopic (exact) mass is 356 g/mol. The highest BCUT2D eigenvalue weighted by atomic mass is 16.2. The Morgan fingerprint density at radius 3 is 2.04 bits per heavy atom. The summed E-state index contributed by atoms with van der Waals surface area (Å²) in [6.45, 7) is 9.57. The first-order valence-electron chi connectivity index (χ1n) is 8.78. The Morgan fingerprint density at radius 2 is 1.58 bits per heavy atom. The summed E-state index contributed by atoms with van der Waals surface area (Å²) >= 11 is 0. The number of rotatable bonds is 5. The van der Waals surface area contributed by atoms with Crippen molar-refractivity contribution in [3.63, 3.8) is 0 Å². The number of benzene rings is 1. The van der Waals surface area contributed by atoms with E-state index in [1.54, 1.807) is 24.3 Å². The Morgan fingerprint density at radius 1 is 1.04 bits per heavy atom. The zero-order valence-electron chi connectivity index (χ0n) is 16.4. The zero-order valence-corrected chi connectivity index (χ0v) is 16.4. The van der Waals surface area contributed by atoms with Gasteiger partial charge in [-0.15, -0.1) is 0 Å². The van der Waals surface area contributed by atoms with Gasteiger partial charge in [-0.1, -0.05) is 20.8 Å². The first-order valence-corrected chi connectivity index (χ1v) is 8.78. The highest BCUT2D eigenvalue weighted by Crippen LogP contribution is 2.19. The van der Waals surface area contributed by atoms with Crippen LogP contribution >= 0.6 is 0 Å². The predicted molar refractivity (Wildman–Crippen MR) is 104 cm³/mol. The van der Waals surface area contributed by atoms with Crippen molar-refractivity contribution in [2.75, 3.05) is 10.6 Å². The number of aryl methyl sites for hydroxylation is 2. The van der Waals surface area contributed by atoms with Crippen LogP contribution in [-0.2, 0) is 23.1 Å². The fourth-order valence-corrected chi connectivity index (χ4v) is 2.60. The van der Waals surface area contributed by atoms with Gasteiger partial charge in [-0.3, -0.25) is 14.3 Å². The number of aromatic nitrogens is 2. The number of carbonyl (C=O) groups is 2. The highest BCUT2D eigenvalue weighted by molar-refractivity contribution is 5.95. The number of amides is 2. The molecule has 0 saturated heterocycles. The molecule has 0 aliphatic rings. The van der Waals surface area contributed by atoms with E-state index in [-0.39, 0.29) is 11.8 Å². The number of anilines is 2. The van der Waals surface area contributed by atoms with Gasteiger partial charge >= 0.3 is 0 Å². The van der Waals surface area contributed by atoms with Gasteiger partial charge in [0.25, 0.3) is 0 Å². The van der Waals surface area contributed by atoms with Crippen LogP contribution in [-0.4, -0.2) is 21.6 Å². The molecule has 0 saturated carbocycles. The van der Waals surface area contributed by atoms with E-state index in [0.717, 1.165) is 17.0 Å². The summed E-state index contributed by atoms with van der Waals surface area (Å²) in [5.41, 5.74) is 4.16. The Labute approximate surface area is 155 Å². The molecule has 0 spiro atoms. The van der Waals surface area contributed by atoms with Crippen LogP contribution in [0.4, 0.5) is 11.4 Å². The topological polar surface area (TPSA) is 76.0 Å². The van der Waals surface area contributed by atoms with Crippen molar-refractivity contribution in [1.82, 2.24) is 9.78 Å². The molecule has 140 valence electrons. The smallest absolute Gasteiger partial charge is 0.229 e. The Kier molecular flexibility index (Phi) is 5.85. The van der Waals surface area contributed by atoms with Crippen molar-refractivity contribution in [2.45, 2.75) is 47.5 Å². The van der Waals surface area contributed by atoms with Gasteiger partial charge in [0.2, 0.25) is 11.8 Å². The SMILES string of the molecule is Cc1nn(C)c(C)c1CCC(=O)Nc1ccc(NC(=O)C(C)(C)C)cc1. The van der Waals surface area contributed by atoms with Crippen molar-refractivity contribution >= 4 is 23.2 Å². The minimum absolute atomic E-state index is 0.0425. The average molecular weight is 356 g/mol. The molecule has 26 heavy (non-hydrogen) atoms. The molecule has 0 fully saturated rings. The molecule has 6 heteroatoms. The molecule has 1 heterocycles. The zero-order chi connectivity index (χ0) is 19.5. The molecule has 0 aliphatic heterocycles. The van der Waals surface area contributed by atoms with Crippen LogP contribution in [0, 0.1) is 19.3 Å². The van der Waals surface area contributed by atoms with E-state index in [1.807, 2.05) is 46.3 Å². The summed E-state index contributed by atoms with van der Waals surface area (Å²) < 4.78 is 1.84. The molecule has 1 aromatic carbocycles. The number of hydrogen-bond acceptors (Lipinski definition) is 3. The van der Waals surface area contributed by atoms with Crippen LogP contribution in [0.25, 0.3) is 0 Å². The molecule has 6 nitrogen and oxygen atoms in total. The number of nitrogens with one attached hydrogen (secondary N) is 2. The third kappa shape index (κ3) is 4.94. The van der Waals surface area contributed by atoms with Gasteiger partial charge < -0.3 is 10.6 Å². The minimum atomic E-state index is -0.449. The Balaban J connectivity index is 1.90. The van der Waals surface area contributed by atoms with E-state index >= 15 is 0 Å². The van der Waals surface area contributed by atoms with Crippen molar-refractivity contribution in [2.24, 2.45) is 12.5 Å². The fourth-order valence-electron chi connectivity index (χ4n) is 2.60. The minimum Gasteiger partial charge on any atom is -0.326 e. The van der Waals surface area contributed by atoms with Crippen LogP contribution in [0.3, 0.4) is 0 Å². The van der Waals surface area contributed by atoms with E-state index in [9.17, 15) is 9.59 Å². The van der Waals surface area contributed by atoms with Gasteiger partial charge in [0.1, 0.15) is 0 Å². The largest absolute Gasteiger partial charge is 0.326 e. The third-order valence-corrected chi connectivity index (χ3v) is 4.37. The molecule has 1 aromatic heterocycles. The molecule has 0 atom stereocenters. The van der Waals surface area contributed by atoms with Crippen molar-refractivity contribution in [3.8, 4) is 0 Å². The Bertz CT molecular complexity index is 798. The maximum absolute atomic E-state index is 12.2. The molecule has 2 rings (SSSR count). The summed E-state index contributed by atoms with van der Waals surface area (Å²) in [7, 11) is 1.91. The van der Waals surface area contributed by atoms with Gasteiger partial charge in [0, 0.05) is 36.0 Å². The van der Waals surface area contributed by atoms with Crippen LogP contribution in [0.2, 0.25) is 0 Å².